The Morgan fingerprint density at radius 1 is 1.24 bits per heavy atom. The molecule has 1 aromatic carbocycles. The van der Waals surface area contributed by atoms with Crippen molar-refractivity contribution in [3.63, 3.8) is 0 Å². The van der Waals surface area contributed by atoms with Crippen LogP contribution >= 0.6 is 0 Å². The second-order valence-electron chi connectivity index (χ2n) is 8.29. The van der Waals surface area contributed by atoms with Crippen LogP contribution in [0.15, 0.2) is 24.4 Å². The second-order valence-corrected chi connectivity index (χ2v) is 8.29. The molecule has 0 bridgehead atoms. The zero-order chi connectivity index (χ0) is 20.2. The van der Waals surface area contributed by atoms with Gasteiger partial charge in [-0.2, -0.15) is 4.98 Å². The molecule has 29 heavy (non-hydrogen) atoms. The van der Waals surface area contributed by atoms with E-state index in [1.54, 1.807) is 26.1 Å². The molecule has 5 rings (SSSR count). The summed E-state index contributed by atoms with van der Waals surface area (Å²) in [7, 11) is 0. The molecule has 8 heteroatoms. The molecule has 3 heterocycles. The van der Waals surface area contributed by atoms with Gasteiger partial charge in [-0.25, -0.2) is 4.98 Å². The number of carbonyl (C=O) groups is 2. The van der Waals surface area contributed by atoms with E-state index >= 15 is 0 Å². The molecule has 3 aliphatic rings. The van der Waals surface area contributed by atoms with Gasteiger partial charge in [-0.05, 0) is 50.5 Å². The fourth-order valence-electron chi connectivity index (χ4n) is 4.31. The van der Waals surface area contributed by atoms with E-state index in [1.807, 2.05) is 17.0 Å². The zero-order valence-electron chi connectivity index (χ0n) is 16.5. The second kappa shape index (κ2) is 6.43. The fraction of sp³-hybridized carbons (Fsp3) is 0.429. The number of benzene rings is 1. The standard InChI is InChI=1S/C21H23N5O3/c1-21(2)19(28)26(14-5-3-4-6-14)17-16(29-21)11-23-20(25-17)24-13-7-8-15-12(9-13)10-22-18(15)27/h7-9,11,14H,3-6,10H2,1-2H3,(H,22,27)(H,23,24,25). The van der Waals surface area contributed by atoms with Gasteiger partial charge in [0.05, 0.1) is 6.20 Å². The van der Waals surface area contributed by atoms with Crippen LogP contribution in [-0.2, 0) is 11.3 Å². The summed E-state index contributed by atoms with van der Waals surface area (Å²) in [5.74, 6) is 1.32. The molecule has 1 fully saturated rings. The van der Waals surface area contributed by atoms with E-state index in [-0.39, 0.29) is 17.9 Å². The topological polar surface area (TPSA) is 96.4 Å². The molecule has 8 nitrogen and oxygen atoms in total. The number of nitrogens with zero attached hydrogens (tertiary/aromatic N) is 3. The van der Waals surface area contributed by atoms with Crippen molar-refractivity contribution in [2.24, 2.45) is 0 Å². The third-order valence-electron chi connectivity index (χ3n) is 5.80. The van der Waals surface area contributed by atoms with Crippen LogP contribution < -0.4 is 20.3 Å². The van der Waals surface area contributed by atoms with Gasteiger partial charge >= 0.3 is 0 Å². The SMILES string of the molecule is CC1(C)Oc2cnc(Nc3ccc4c(c3)CNC4=O)nc2N(C2CCCC2)C1=O. The van der Waals surface area contributed by atoms with Crippen molar-refractivity contribution in [3.05, 3.63) is 35.5 Å². The Kier molecular flexibility index (Phi) is 3.97. The number of amides is 2. The average molecular weight is 393 g/mol. The summed E-state index contributed by atoms with van der Waals surface area (Å²) in [6.07, 6.45) is 5.80. The maximum Gasteiger partial charge on any atom is 0.272 e. The van der Waals surface area contributed by atoms with Gasteiger partial charge < -0.3 is 15.4 Å². The molecule has 2 amide bonds. The van der Waals surface area contributed by atoms with Gasteiger partial charge in [0, 0.05) is 23.8 Å². The molecule has 0 spiro atoms. The number of fused-ring (bicyclic) bond motifs is 2. The molecule has 1 aliphatic carbocycles. The van der Waals surface area contributed by atoms with Crippen LogP contribution in [0.4, 0.5) is 17.5 Å². The summed E-state index contributed by atoms with van der Waals surface area (Å²) in [6.45, 7) is 4.08. The largest absolute Gasteiger partial charge is 0.472 e. The number of aromatic nitrogens is 2. The molecule has 1 aromatic heterocycles. The van der Waals surface area contributed by atoms with Crippen LogP contribution in [0.5, 0.6) is 5.75 Å². The highest BCUT2D eigenvalue weighted by Crippen LogP contribution is 2.40. The van der Waals surface area contributed by atoms with Gasteiger partial charge in [0.2, 0.25) is 5.95 Å². The third-order valence-corrected chi connectivity index (χ3v) is 5.80. The van der Waals surface area contributed by atoms with E-state index in [0.717, 1.165) is 36.9 Å². The fourth-order valence-corrected chi connectivity index (χ4v) is 4.31. The highest BCUT2D eigenvalue weighted by Gasteiger charge is 2.45. The predicted octanol–water partition coefficient (Wildman–Crippen LogP) is 2.91. The molecule has 0 atom stereocenters. The van der Waals surface area contributed by atoms with Crippen LogP contribution in [0.25, 0.3) is 0 Å². The van der Waals surface area contributed by atoms with Crippen molar-refractivity contribution in [1.29, 1.82) is 0 Å². The first-order valence-corrected chi connectivity index (χ1v) is 10.0. The minimum atomic E-state index is -0.937. The number of rotatable bonds is 3. The van der Waals surface area contributed by atoms with E-state index in [2.05, 4.69) is 20.6 Å². The number of hydrogen-bond donors (Lipinski definition) is 2. The van der Waals surface area contributed by atoms with Crippen molar-refractivity contribution >= 4 is 29.3 Å². The van der Waals surface area contributed by atoms with Gasteiger partial charge in [0.15, 0.2) is 17.2 Å². The maximum absolute atomic E-state index is 13.1. The van der Waals surface area contributed by atoms with Crippen molar-refractivity contribution in [3.8, 4) is 5.75 Å². The monoisotopic (exact) mass is 393 g/mol. The lowest BCUT2D eigenvalue weighted by molar-refractivity contribution is -0.133. The lowest BCUT2D eigenvalue weighted by Gasteiger charge is -2.40. The highest BCUT2D eigenvalue weighted by atomic mass is 16.5. The quantitative estimate of drug-likeness (QED) is 0.832. The van der Waals surface area contributed by atoms with Gasteiger partial charge in [0.1, 0.15) is 0 Å². The van der Waals surface area contributed by atoms with Crippen LogP contribution in [0.3, 0.4) is 0 Å². The first-order valence-electron chi connectivity index (χ1n) is 10.0. The van der Waals surface area contributed by atoms with E-state index in [0.29, 0.717) is 29.6 Å². The molecule has 0 unspecified atom stereocenters. The molecular formula is C21H23N5O3. The van der Waals surface area contributed by atoms with Crippen LogP contribution in [0.2, 0.25) is 0 Å². The van der Waals surface area contributed by atoms with Gasteiger partial charge in [-0.3, -0.25) is 14.5 Å². The predicted molar refractivity (Wildman–Crippen MR) is 107 cm³/mol. The highest BCUT2D eigenvalue weighted by molar-refractivity contribution is 6.02. The zero-order valence-corrected chi connectivity index (χ0v) is 16.5. The number of ether oxygens (including phenoxy) is 1. The van der Waals surface area contributed by atoms with Crippen LogP contribution in [0, 0.1) is 0 Å². The summed E-state index contributed by atoms with van der Waals surface area (Å²) in [5.41, 5.74) is 1.48. The summed E-state index contributed by atoms with van der Waals surface area (Å²) >= 11 is 0. The van der Waals surface area contributed by atoms with Crippen LogP contribution in [-0.4, -0.2) is 33.4 Å². The Balaban J connectivity index is 1.48. The maximum atomic E-state index is 13.1. The smallest absolute Gasteiger partial charge is 0.272 e. The van der Waals surface area contributed by atoms with Crippen LogP contribution in [0.1, 0.15) is 55.5 Å². The first-order chi connectivity index (χ1) is 13.9. The van der Waals surface area contributed by atoms with Crippen molar-refractivity contribution in [2.45, 2.75) is 57.7 Å². The minimum Gasteiger partial charge on any atom is -0.472 e. The van der Waals surface area contributed by atoms with Gasteiger partial charge in [0.25, 0.3) is 11.8 Å². The minimum absolute atomic E-state index is 0.0536. The van der Waals surface area contributed by atoms with E-state index in [1.165, 1.54) is 0 Å². The Morgan fingerprint density at radius 3 is 2.83 bits per heavy atom. The van der Waals surface area contributed by atoms with Gasteiger partial charge in [-0.1, -0.05) is 12.8 Å². The normalized spacial score (nSPS) is 20.1. The Bertz CT molecular complexity index is 1010. The Morgan fingerprint density at radius 2 is 2.03 bits per heavy atom. The van der Waals surface area contributed by atoms with Crippen molar-refractivity contribution < 1.29 is 14.3 Å². The molecule has 0 radical (unpaired) electrons. The molecular weight excluding hydrogens is 370 g/mol. The van der Waals surface area contributed by atoms with Crippen molar-refractivity contribution in [1.82, 2.24) is 15.3 Å². The number of carbonyl (C=O) groups excluding carboxylic acids is 2. The Hall–Kier alpha value is -3.16. The lowest BCUT2D eigenvalue weighted by Crippen LogP contribution is -2.55. The summed E-state index contributed by atoms with van der Waals surface area (Å²) in [5, 5.41) is 6.00. The summed E-state index contributed by atoms with van der Waals surface area (Å²) < 4.78 is 5.91. The Labute approximate surface area is 168 Å². The van der Waals surface area contributed by atoms with E-state index in [9.17, 15) is 9.59 Å². The van der Waals surface area contributed by atoms with Crippen molar-refractivity contribution in [2.75, 3.05) is 10.2 Å². The number of anilines is 3. The third kappa shape index (κ3) is 2.99. The first kappa shape index (κ1) is 17.9. The van der Waals surface area contributed by atoms with E-state index < -0.39 is 5.60 Å². The molecule has 1 saturated carbocycles. The molecule has 2 N–H and O–H groups in total. The van der Waals surface area contributed by atoms with E-state index in [4.69, 9.17) is 4.74 Å². The molecule has 150 valence electrons. The molecule has 2 aliphatic heterocycles. The average Bonchev–Trinajstić information content (AvgIpc) is 3.33. The lowest BCUT2D eigenvalue weighted by atomic mass is 10.0. The number of nitrogens with one attached hydrogen (secondary N) is 2. The molecule has 0 saturated heterocycles. The van der Waals surface area contributed by atoms with Gasteiger partial charge in [-0.15, -0.1) is 0 Å². The summed E-state index contributed by atoms with van der Waals surface area (Å²) in [4.78, 5) is 35.7. The molecule has 2 aromatic rings. The summed E-state index contributed by atoms with van der Waals surface area (Å²) in [6, 6.07) is 5.67. The number of hydrogen-bond acceptors (Lipinski definition) is 6.